The average Bonchev–Trinajstić information content (AvgIpc) is 2.26. The Morgan fingerprint density at radius 1 is 1.32 bits per heavy atom. The summed E-state index contributed by atoms with van der Waals surface area (Å²) in [7, 11) is 1.74. The predicted octanol–water partition coefficient (Wildman–Crippen LogP) is 4.36. The monoisotopic (exact) mass is 344 g/mol. The molecule has 0 saturated carbocycles. The first-order chi connectivity index (χ1) is 8.81. The topological polar surface area (TPSA) is 43.4 Å². The molecule has 0 heterocycles. The minimum atomic E-state index is -3.53. The lowest BCUT2D eigenvalue weighted by atomic mass is 10.1. The molecule has 1 aromatic rings. The van der Waals surface area contributed by atoms with Crippen molar-refractivity contribution in [1.82, 2.24) is 0 Å². The standard InChI is InChI=1S/C12H15Cl3O3S/c1-2-3-9(8-19(15,16)17)7-18-12-5-4-10(13)6-11(12)14/h4-6,9H,2-3,7-8H2,1H3. The van der Waals surface area contributed by atoms with Gasteiger partial charge in [-0.05, 0) is 24.6 Å². The van der Waals surface area contributed by atoms with Gasteiger partial charge in [0.25, 0.3) is 0 Å². The van der Waals surface area contributed by atoms with Gasteiger partial charge < -0.3 is 4.74 Å². The quantitative estimate of drug-likeness (QED) is 0.690. The Labute approximate surface area is 128 Å². The van der Waals surface area contributed by atoms with Gasteiger partial charge in [-0.1, -0.05) is 36.5 Å². The summed E-state index contributed by atoms with van der Waals surface area (Å²) in [5.41, 5.74) is 0. The fourth-order valence-corrected chi connectivity index (χ4v) is 3.53. The van der Waals surface area contributed by atoms with Crippen molar-refractivity contribution < 1.29 is 13.2 Å². The van der Waals surface area contributed by atoms with Crippen LogP contribution in [-0.2, 0) is 9.05 Å². The molecule has 7 heteroatoms. The van der Waals surface area contributed by atoms with Crippen LogP contribution in [0.1, 0.15) is 19.8 Å². The molecule has 0 N–H and O–H groups in total. The smallest absolute Gasteiger partial charge is 0.232 e. The predicted molar refractivity (Wildman–Crippen MR) is 80.0 cm³/mol. The van der Waals surface area contributed by atoms with E-state index in [1.807, 2.05) is 6.92 Å². The molecule has 108 valence electrons. The molecule has 0 amide bonds. The summed E-state index contributed by atoms with van der Waals surface area (Å²) in [4.78, 5) is 0. The van der Waals surface area contributed by atoms with E-state index < -0.39 is 9.05 Å². The second-order valence-electron chi connectivity index (χ2n) is 4.25. The zero-order valence-electron chi connectivity index (χ0n) is 10.4. The Balaban J connectivity index is 2.65. The molecule has 0 aliphatic rings. The minimum Gasteiger partial charge on any atom is -0.492 e. The van der Waals surface area contributed by atoms with Gasteiger partial charge in [0.05, 0.1) is 17.4 Å². The van der Waals surface area contributed by atoms with Crippen LogP contribution in [0.25, 0.3) is 0 Å². The van der Waals surface area contributed by atoms with Gasteiger partial charge in [-0.25, -0.2) is 8.42 Å². The van der Waals surface area contributed by atoms with E-state index in [2.05, 4.69) is 0 Å². The van der Waals surface area contributed by atoms with E-state index in [0.29, 0.717) is 15.8 Å². The Hall–Kier alpha value is -0.160. The van der Waals surface area contributed by atoms with Crippen molar-refractivity contribution in [3.05, 3.63) is 28.2 Å². The zero-order valence-corrected chi connectivity index (χ0v) is 13.5. The van der Waals surface area contributed by atoms with Crippen LogP contribution in [0.4, 0.5) is 0 Å². The number of rotatable bonds is 7. The number of hydrogen-bond acceptors (Lipinski definition) is 3. The van der Waals surface area contributed by atoms with Gasteiger partial charge in [0.15, 0.2) is 0 Å². The van der Waals surface area contributed by atoms with E-state index >= 15 is 0 Å². The first-order valence-electron chi connectivity index (χ1n) is 5.82. The van der Waals surface area contributed by atoms with E-state index in [9.17, 15) is 8.42 Å². The van der Waals surface area contributed by atoms with Gasteiger partial charge in [0.1, 0.15) is 5.75 Å². The van der Waals surface area contributed by atoms with Crippen molar-refractivity contribution in [2.24, 2.45) is 5.92 Å². The Morgan fingerprint density at radius 2 is 2.00 bits per heavy atom. The third-order valence-corrected chi connectivity index (χ3v) is 4.28. The van der Waals surface area contributed by atoms with Gasteiger partial charge in [-0.3, -0.25) is 0 Å². The normalized spacial score (nSPS) is 13.3. The highest BCUT2D eigenvalue weighted by Crippen LogP contribution is 2.28. The first-order valence-corrected chi connectivity index (χ1v) is 9.05. The van der Waals surface area contributed by atoms with Gasteiger partial charge in [0.2, 0.25) is 9.05 Å². The summed E-state index contributed by atoms with van der Waals surface area (Å²) in [6.07, 6.45) is 1.58. The molecule has 0 bridgehead atoms. The molecule has 0 saturated heterocycles. The molecule has 1 unspecified atom stereocenters. The lowest BCUT2D eigenvalue weighted by Crippen LogP contribution is -2.19. The van der Waals surface area contributed by atoms with E-state index in [4.69, 9.17) is 38.6 Å². The van der Waals surface area contributed by atoms with Gasteiger partial charge in [-0.15, -0.1) is 0 Å². The second kappa shape index (κ2) is 7.58. The highest BCUT2D eigenvalue weighted by Gasteiger charge is 2.17. The number of benzene rings is 1. The maximum atomic E-state index is 11.1. The summed E-state index contributed by atoms with van der Waals surface area (Å²) < 4.78 is 27.8. The SMILES string of the molecule is CCCC(COc1ccc(Cl)cc1Cl)CS(=O)(=O)Cl. The number of halogens is 3. The molecule has 1 aromatic carbocycles. The van der Waals surface area contributed by atoms with Crippen LogP contribution in [-0.4, -0.2) is 20.8 Å². The molecule has 0 aliphatic heterocycles. The minimum absolute atomic E-state index is 0.104. The van der Waals surface area contributed by atoms with Crippen LogP contribution in [0, 0.1) is 5.92 Å². The Bertz CT molecular complexity index is 517. The lowest BCUT2D eigenvalue weighted by molar-refractivity contribution is 0.253. The summed E-state index contributed by atoms with van der Waals surface area (Å²) in [5.74, 6) is 0.228. The number of ether oxygens (including phenoxy) is 1. The zero-order chi connectivity index (χ0) is 14.5. The summed E-state index contributed by atoms with van der Waals surface area (Å²) >= 11 is 11.7. The highest BCUT2D eigenvalue weighted by molar-refractivity contribution is 8.13. The fraction of sp³-hybridized carbons (Fsp3) is 0.500. The van der Waals surface area contributed by atoms with E-state index in [-0.39, 0.29) is 18.3 Å². The summed E-state index contributed by atoms with van der Waals surface area (Å²) in [6, 6.07) is 4.89. The largest absolute Gasteiger partial charge is 0.492 e. The van der Waals surface area contributed by atoms with Crippen molar-refractivity contribution in [2.75, 3.05) is 12.4 Å². The van der Waals surface area contributed by atoms with Crippen molar-refractivity contribution in [2.45, 2.75) is 19.8 Å². The maximum absolute atomic E-state index is 11.1. The van der Waals surface area contributed by atoms with Crippen LogP contribution in [0.3, 0.4) is 0 Å². The van der Waals surface area contributed by atoms with E-state index in [0.717, 1.165) is 12.8 Å². The molecule has 1 atom stereocenters. The van der Waals surface area contributed by atoms with E-state index in [1.165, 1.54) is 0 Å². The number of hydrogen-bond donors (Lipinski definition) is 0. The van der Waals surface area contributed by atoms with Crippen LogP contribution in [0.15, 0.2) is 18.2 Å². The molecular weight excluding hydrogens is 331 g/mol. The average molecular weight is 346 g/mol. The maximum Gasteiger partial charge on any atom is 0.232 e. The molecule has 1 rings (SSSR count). The first kappa shape index (κ1) is 16.9. The Kier molecular flexibility index (Phi) is 6.74. The molecule has 0 spiro atoms. The lowest BCUT2D eigenvalue weighted by Gasteiger charge is -2.16. The third kappa shape index (κ3) is 6.70. The molecule has 0 aromatic heterocycles. The second-order valence-corrected chi connectivity index (χ2v) is 7.91. The van der Waals surface area contributed by atoms with Crippen LogP contribution < -0.4 is 4.74 Å². The van der Waals surface area contributed by atoms with Gasteiger partial charge in [0, 0.05) is 21.6 Å². The fourth-order valence-electron chi connectivity index (χ4n) is 1.70. The molecule has 0 radical (unpaired) electrons. The van der Waals surface area contributed by atoms with Crippen molar-refractivity contribution in [3.63, 3.8) is 0 Å². The van der Waals surface area contributed by atoms with Crippen LogP contribution in [0.2, 0.25) is 10.0 Å². The molecule has 3 nitrogen and oxygen atoms in total. The van der Waals surface area contributed by atoms with Crippen molar-refractivity contribution >= 4 is 42.9 Å². The summed E-state index contributed by atoms with van der Waals surface area (Å²) in [6.45, 7) is 2.23. The van der Waals surface area contributed by atoms with Crippen LogP contribution >= 0.6 is 33.9 Å². The molecule has 19 heavy (non-hydrogen) atoms. The highest BCUT2D eigenvalue weighted by atomic mass is 35.7. The summed E-state index contributed by atoms with van der Waals surface area (Å²) in [5, 5.41) is 0.919. The third-order valence-electron chi connectivity index (χ3n) is 2.50. The Morgan fingerprint density at radius 3 is 2.53 bits per heavy atom. The molecule has 0 aliphatic carbocycles. The van der Waals surface area contributed by atoms with E-state index in [1.54, 1.807) is 18.2 Å². The van der Waals surface area contributed by atoms with Gasteiger partial charge in [-0.2, -0.15) is 0 Å². The van der Waals surface area contributed by atoms with Crippen LogP contribution in [0.5, 0.6) is 5.75 Å². The molecule has 0 fully saturated rings. The van der Waals surface area contributed by atoms with Crippen molar-refractivity contribution in [1.29, 1.82) is 0 Å². The van der Waals surface area contributed by atoms with Gasteiger partial charge >= 0.3 is 0 Å². The molecular formula is C12H15Cl3O3S. The van der Waals surface area contributed by atoms with Crippen molar-refractivity contribution in [3.8, 4) is 5.75 Å².